The van der Waals surface area contributed by atoms with E-state index in [1.807, 2.05) is 42.5 Å². The van der Waals surface area contributed by atoms with E-state index in [1.165, 1.54) is 24.8 Å². The number of nitrogens with two attached hydrogens (primary N) is 1. The molecule has 3 nitrogen and oxygen atoms in total. The highest BCUT2D eigenvalue weighted by Crippen LogP contribution is 2.47. The number of benzene rings is 2. The summed E-state index contributed by atoms with van der Waals surface area (Å²) in [4.78, 5) is 4.61. The predicted octanol–water partition coefficient (Wildman–Crippen LogP) is 4.36. The van der Waals surface area contributed by atoms with Gasteiger partial charge in [0.15, 0.2) is 0 Å². The van der Waals surface area contributed by atoms with Gasteiger partial charge in [0.1, 0.15) is 17.3 Å². The van der Waals surface area contributed by atoms with E-state index in [1.54, 1.807) is 0 Å². The van der Waals surface area contributed by atoms with Gasteiger partial charge >= 0.3 is 0 Å². The summed E-state index contributed by atoms with van der Waals surface area (Å²) in [6, 6.07) is 16.0. The monoisotopic (exact) mass is 278 g/mol. The van der Waals surface area contributed by atoms with E-state index < -0.39 is 0 Å². The number of amidine groups is 1. The lowest BCUT2D eigenvalue weighted by atomic mass is 9.85. The van der Waals surface area contributed by atoms with Crippen molar-refractivity contribution >= 4 is 11.5 Å². The number of para-hydroxylation sites is 1. The van der Waals surface area contributed by atoms with Crippen molar-refractivity contribution in [3.8, 4) is 11.5 Å². The van der Waals surface area contributed by atoms with E-state index >= 15 is 0 Å². The molecule has 0 radical (unpaired) electrons. The first-order valence-electron chi connectivity index (χ1n) is 7.52. The fraction of sp³-hybridized carbons (Fsp3) is 0.278. The average Bonchev–Trinajstić information content (AvgIpc) is 2.98. The van der Waals surface area contributed by atoms with Gasteiger partial charge in [-0.15, -0.1) is 0 Å². The topological polar surface area (TPSA) is 47.6 Å². The minimum Gasteiger partial charge on any atom is -0.457 e. The molecule has 0 spiro atoms. The van der Waals surface area contributed by atoms with Crippen LogP contribution in [0.4, 0.5) is 5.69 Å². The van der Waals surface area contributed by atoms with Crippen molar-refractivity contribution in [2.24, 2.45) is 16.6 Å². The van der Waals surface area contributed by atoms with E-state index in [9.17, 15) is 0 Å². The van der Waals surface area contributed by atoms with E-state index in [0.717, 1.165) is 23.0 Å². The zero-order valence-corrected chi connectivity index (χ0v) is 11.8. The Morgan fingerprint density at radius 1 is 0.952 bits per heavy atom. The standard InChI is InChI=1S/C18H18N2O/c19-18-16-8-4-7-14(16)15-10-9-13(11-17(15)20-18)21-12-5-2-1-3-6-12/h1-3,5-6,9-11,14,16H,4,7-8H2,(H2,19,20). The molecule has 0 saturated heterocycles. The minimum absolute atomic E-state index is 0.443. The summed E-state index contributed by atoms with van der Waals surface area (Å²) in [5.41, 5.74) is 8.45. The Labute approximate surface area is 124 Å². The summed E-state index contributed by atoms with van der Waals surface area (Å²) >= 11 is 0. The summed E-state index contributed by atoms with van der Waals surface area (Å²) in [5.74, 6) is 3.43. The van der Waals surface area contributed by atoms with Gasteiger partial charge in [0.2, 0.25) is 0 Å². The summed E-state index contributed by atoms with van der Waals surface area (Å²) in [6.07, 6.45) is 3.63. The number of hydrogen-bond donors (Lipinski definition) is 1. The quantitative estimate of drug-likeness (QED) is 0.887. The smallest absolute Gasteiger partial charge is 0.129 e. The maximum Gasteiger partial charge on any atom is 0.129 e. The van der Waals surface area contributed by atoms with Gasteiger partial charge in [0, 0.05) is 12.0 Å². The summed E-state index contributed by atoms with van der Waals surface area (Å²) in [5, 5.41) is 0. The van der Waals surface area contributed by atoms with Gasteiger partial charge in [0.05, 0.1) is 5.69 Å². The van der Waals surface area contributed by atoms with Crippen molar-refractivity contribution in [2.45, 2.75) is 25.2 Å². The molecule has 21 heavy (non-hydrogen) atoms. The fourth-order valence-electron chi connectivity index (χ4n) is 3.53. The zero-order valence-electron chi connectivity index (χ0n) is 11.8. The summed E-state index contributed by atoms with van der Waals surface area (Å²) in [6.45, 7) is 0. The molecule has 0 amide bonds. The van der Waals surface area contributed by atoms with Gasteiger partial charge in [-0.05, 0) is 42.5 Å². The molecule has 1 heterocycles. The van der Waals surface area contributed by atoms with Gasteiger partial charge in [0.25, 0.3) is 0 Å². The van der Waals surface area contributed by atoms with Crippen LogP contribution in [0.1, 0.15) is 30.7 Å². The van der Waals surface area contributed by atoms with Crippen molar-refractivity contribution in [3.63, 3.8) is 0 Å². The molecule has 106 valence electrons. The van der Waals surface area contributed by atoms with E-state index in [-0.39, 0.29) is 0 Å². The van der Waals surface area contributed by atoms with Crippen LogP contribution in [-0.2, 0) is 0 Å². The molecule has 2 unspecified atom stereocenters. The van der Waals surface area contributed by atoms with Gasteiger partial charge in [-0.1, -0.05) is 30.7 Å². The van der Waals surface area contributed by atoms with Crippen LogP contribution in [0.15, 0.2) is 53.5 Å². The van der Waals surface area contributed by atoms with Crippen molar-refractivity contribution in [1.29, 1.82) is 0 Å². The largest absolute Gasteiger partial charge is 0.457 e. The first kappa shape index (κ1) is 12.5. The number of aliphatic imine (C=N–C) groups is 1. The van der Waals surface area contributed by atoms with Crippen molar-refractivity contribution < 1.29 is 4.74 Å². The highest BCUT2D eigenvalue weighted by atomic mass is 16.5. The molecule has 2 atom stereocenters. The van der Waals surface area contributed by atoms with Crippen LogP contribution in [-0.4, -0.2) is 5.84 Å². The highest BCUT2D eigenvalue weighted by Gasteiger charge is 2.35. The van der Waals surface area contributed by atoms with Crippen LogP contribution < -0.4 is 10.5 Å². The second-order valence-corrected chi connectivity index (χ2v) is 5.82. The van der Waals surface area contributed by atoms with Gasteiger partial charge in [-0.3, -0.25) is 0 Å². The Balaban J connectivity index is 1.68. The highest BCUT2D eigenvalue weighted by molar-refractivity contribution is 5.89. The van der Waals surface area contributed by atoms with Crippen LogP contribution in [0.5, 0.6) is 11.5 Å². The van der Waals surface area contributed by atoms with Crippen LogP contribution in [0.2, 0.25) is 0 Å². The third-order valence-electron chi connectivity index (χ3n) is 4.53. The maximum atomic E-state index is 6.15. The molecular weight excluding hydrogens is 260 g/mol. The Morgan fingerprint density at radius 3 is 2.62 bits per heavy atom. The molecule has 0 bridgehead atoms. The molecule has 2 aromatic rings. The second kappa shape index (κ2) is 4.92. The second-order valence-electron chi connectivity index (χ2n) is 5.82. The van der Waals surface area contributed by atoms with Crippen molar-refractivity contribution in [2.75, 3.05) is 0 Å². The molecule has 1 aliphatic carbocycles. The van der Waals surface area contributed by atoms with E-state index in [2.05, 4.69) is 11.1 Å². The van der Waals surface area contributed by atoms with Crippen LogP contribution in [0.25, 0.3) is 0 Å². The third kappa shape index (κ3) is 2.19. The van der Waals surface area contributed by atoms with Crippen LogP contribution in [0, 0.1) is 5.92 Å². The van der Waals surface area contributed by atoms with Gasteiger partial charge in [-0.25, -0.2) is 4.99 Å². The third-order valence-corrected chi connectivity index (χ3v) is 4.53. The Kier molecular flexibility index (Phi) is 2.92. The lowest BCUT2D eigenvalue weighted by molar-refractivity contribution is 0.482. The Hall–Kier alpha value is -2.29. The van der Waals surface area contributed by atoms with Crippen LogP contribution >= 0.6 is 0 Å². The average molecular weight is 278 g/mol. The molecule has 2 aliphatic rings. The number of ether oxygens (including phenoxy) is 1. The number of nitrogens with zero attached hydrogens (tertiary/aromatic N) is 1. The molecule has 3 heteroatoms. The molecule has 4 rings (SSSR count). The predicted molar refractivity (Wildman–Crippen MR) is 84.3 cm³/mol. The number of hydrogen-bond acceptors (Lipinski definition) is 3. The SMILES string of the molecule is NC1=Nc2cc(Oc3ccccc3)ccc2C2CCCC12. The van der Waals surface area contributed by atoms with Crippen molar-refractivity contribution in [3.05, 3.63) is 54.1 Å². The van der Waals surface area contributed by atoms with Crippen molar-refractivity contribution in [1.82, 2.24) is 0 Å². The molecule has 2 N–H and O–H groups in total. The molecule has 0 aromatic heterocycles. The summed E-state index contributed by atoms with van der Waals surface area (Å²) < 4.78 is 5.88. The number of fused-ring (bicyclic) bond motifs is 3. The van der Waals surface area contributed by atoms with Gasteiger partial charge in [-0.2, -0.15) is 0 Å². The summed E-state index contributed by atoms with van der Waals surface area (Å²) in [7, 11) is 0. The molecular formula is C18H18N2O. The van der Waals surface area contributed by atoms with E-state index in [4.69, 9.17) is 10.5 Å². The first-order chi connectivity index (χ1) is 10.3. The minimum atomic E-state index is 0.443. The molecule has 2 aromatic carbocycles. The molecule has 1 saturated carbocycles. The molecule has 1 aliphatic heterocycles. The Morgan fingerprint density at radius 2 is 1.76 bits per heavy atom. The van der Waals surface area contributed by atoms with Gasteiger partial charge < -0.3 is 10.5 Å². The normalized spacial score (nSPS) is 23.1. The fourth-order valence-corrected chi connectivity index (χ4v) is 3.53. The molecule has 1 fully saturated rings. The number of rotatable bonds is 2. The van der Waals surface area contributed by atoms with E-state index in [0.29, 0.717) is 11.8 Å². The lowest BCUT2D eigenvalue weighted by Gasteiger charge is -2.26. The maximum absolute atomic E-state index is 6.15. The van der Waals surface area contributed by atoms with Crippen LogP contribution in [0.3, 0.4) is 0 Å². The lowest BCUT2D eigenvalue weighted by Crippen LogP contribution is -2.28. The zero-order chi connectivity index (χ0) is 14.2. The Bertz CT molecular complexity index is 694. The first-order valence-corrected chi connectivity index (χ1v) is 7.52.